The fourth-order valence-electron chi connectivity index (χ4n) is 2.67. The molecule has 2 aromatic rings. The number of thiocarbonyl (C=S) groups is 1. The van der Waals surface area contributed by atoms with Crippen LogP contribution in [0.4, 0.5) is 0 Å². The van der Waals surface area contributed by atoms with Gasteiger partial charge < -0.3 is 15.0 Å². The van der Waals surface area contributed by atoms with Gasteiger partial charge in [-0.1, -0.05) is 18.2 Å². The summed E-state index contributed by atoms with van der Waals surface area (Å²) in [5.74, 6) is 0.885. The predicted molar refractivity (Wildman–Crippen MR) is 105 cm³/mol. The molecule has 1 atom stereocenters. The van der Waals surface area contributed by atoms with Gasteiger partial charge >= 0.3 is 0 Å². The Morgan fingerprint density at radius 3 is 2.67 bits per heavy atom. The van der Waals surface area contributed by atoms with Crippen LogP contribution in [0.5, 0.6) is 5.75 Å². The van der Waals surface area contributed by atoms with Gasteiger partial charge in [-0.2, -0.15) is 0 Å². The zero-order valence-corrected chi connectivity index (χ0v) is 15.8. The molecule has 3 rings (SSSR count). The van der Waals surface area contributed by atoms with Gasteiger partial charge in [-0.15, -0.1) is 11.3 Å². The summed E-state index contributed by atoms with van der Waals surface area (Å²) in [6, 6.07) is 13.5. The zero-order valence-electron chi connectivity index (χ0n) is 14.2. The summed E-state index contributed by atoms with van der Waals surface area (Å²) in [4.78, 5) is 3.71. The van der Waals surface area contributed by atoms with E-state index in [0.717, 1.165) is 23.8 Å². The first-order chi connectivity index (χ1) is 11.7. The Balaban J connectivity index is 1.70. The standard InChI is InChI=1S/C19H24N2OS2/c1-14(12-18-4-3-11-24-18)21(19(23)20-16-7-8-16)13-15-5-9-17(22-2)10-6-15/h3-6,9-11,14,16H,7-8,12-13H2,1-2H3,(H,20,23)/t14-/m1/s1. The van der Waals surface area contributed by atoms with Crippen molar-refractivity contribution in [2.45, 2.75) is 44.8 Å². The van der Waals surface area contributed by atoms with Crippen molar-refractivity contribution in [2.24, 2.45) is 0 Å². The van der Waals surface area contributed by atoms with E-state index in [1.165, 1.54) is 23.3 Å². The van der Waals surface area contributed by atoms with Crippen LogP contribution in [-0.4, -0.2) is 29.2 Å². The second-order valence-corrected chi connectivity index (χ2v) is 7.75. The molecule has 0 unspecified atom stereocenters. The lowest BCUT2D eigenvalue weighted by molar-refractivity contribution is 0.316. The smallest absolute Gasteiger partial charge is 0.169 e. The molecule has 0 saturated heterocycles. The highest BCUT2D eigenvalue weighted by Crippen LogP contribution is 2.22. The van der Waals surface area contributed by atoms with Gasteiger partial charge in [0.2, 0.25) is 0 Å². The number of ether oxygens (including phenoxy) is 1. The first-order valence-corrected chi connectivity index (χ1v) is 9.67. The molecule has 1 fully saturated rings. The van der Waals surface area contributed by atoms with Crippen LogP contribution in [-0.2, 0) is 13.0 Å². The average molecular weight is 361 g/mol. The van der Waals surface area contributed by atoms with Gasteiger partial charge in [0.25, 0.3) is 0 Å². The van der Waals surface area contributed by atoms with E-state index in [2.05, 4.69) is 46.8 Å². The van der Waals surface area contributed by atoms with Gasteiger partial charge in [0.1, 0.15) is 5.75 Å². The van der Waals surface area contributed by atoms with Gasteiger partial charge in [0, 0.05) is 29.9 Å². The molecule has 24 heavy (non-hydrogen) atoms. The van der Waals surface area contributed by atoms with E-state index in [4.69, 9.17) is 17.0 Å². The number of benzene rings is 1. The third kappa shape index (κ3) is 4.71. The average Bonchev–Trinajstić information content (AvgIpc) is 3.25. The van der Waals surface area contributed by atoms with Crippen molar-refractivity contribution in [2.75, 3.05) is 7.11 Å². The molecule has 1 N–H and O–H groups in total. The molecule has 1 aromatic carbocycles. The number of thiophene rings is 1. The van der Waals surface area contributed by atoms with Crippen LogP contribution >= 0.6 is 23.6 Å². The van der Waals surface area contributed by atoms with E-state index in [1.807, 2.05) is 23.5 Å². The van der Waals surface area contributed by atoms with Crippen molar-refractivity contribution in [3.05, 3.63) is 52.2 Å². The Hall–Kier alpha value is -1.59. The van der Waals surface area contributed by atoms with Crippen LogP contribution in [0.15, 0.2) is 41.8 Å². The third-order valence-electron chi connectivity index (χ3n) is 4.29. The highest BCUT2D eigenvalue weighted by molar-refractivity contribution is 7.80. The van der Waals surface area contributed by atoms with Crippen LogP contribution in [0, 0.1) is 0 Å². The number of rotatable bonds is 7. The second kappa shape index (κ2) is 7.99. The minimum Gasteiger partial charge on any atom is -0.497 e. The van der Waals surface area contributed by atoms with E-state index >= 15 is 0 Å². The first-order valence-electron chi connectivity index (χ1n) is 8.38. The lowest BCUT2D eigenvalue weighted by Crippen LogP contribution is -2.45. The molecule has 0 radical (unpaired) electrons. The zero-order chi connectivity index (χ0) is 16.9. The lowest BCUT2D eigenvalue weighted by Gasteiger charge is -2.32. The van der Waals surface area contributed by atoms with Gasteiger partial charge in [-0.3, -0.25) is 0 Å². The molecule has 5 heteroatoms. The highest BCUT2D eigenvalue weighted by atomic mass is 32.1. The Labute approximate surface area is 153 Å². The molecule has 128 valence electrons. The molecule has 0 spiro atoms. The van der Waals surface area contributed by atoms with Crippen molar-refractivity contribution < 1.29 is 4.74 Å². The SMILES string of the molecule is COc1ccc(CN(C(=S)NC2CC2)[C@H](C)Cc2cccs2)cc1. The minimum absolute atomic E-state index is 0.351. The van der Waals surface area contributed by atoms with E-state index in [1.54, 1.807) is 7.11 Å². The summed E-state index contributed by atoms with van der Waals surface area (Å²) < 4.78 is 5.25. The highest BCUT2D eigenvalue weighted by Gasteiger charge is 2.26. The topological polar surface area (TPSA) is 24.5 Å². The molecule has 1 heterocycles. The number of hydrogen-bond donors (Lipinski definition) is 1. The summed E-state index contributed by atoms with van der Waals surface area (Å²) >= 11 is 7.52. The van der Waals surface area contributed by atoms with Crippen molar-refractivity contribution in [3.8, 4) is 5.75 Å². The predicted octanol–water partition coefficient (Wildman–Crippen LogP) is 4.23. The van der Waals surface area contributed by atoms with Crippen molar-refractivity contribution in [1.29, 1.82) is 0 Å². The van der Waals surface area contributed by atoms with Crippen LogP contribution in [0.25, 0.3) is 0 Å². The van der Waals surface area contributed by atoms with Crippen molar-refractivity contribution in [3.63, 3.8) is 0 Å². The van der Waals surface area contributed by atoms with Crippen LogP contribution in [0.1, 0.15) is 30.2 Å². The monoisotopic (exact) mass is 360 g/mol. The maximum Gasteiger partial charge on any atom is 0.169 e. The van der Waals surface area contributed by atoms with Crippen LogP contribution < -0.4 is 10.1 Å². The molecular weight excluding hydrogens is 336 g/mol. The molecule has 0 aliphatic heterocycles. The molecule has 1 saturated carbocycles. The summed E-state index contributed by atoms with van der Waals surface area (Å²) in [6.45, 7) is 3.07. The largest absolute Gasteiger partial charge is 0.497 e. The molecule has 0 amide bonds. The third-order valence-corrected chi connectivity index (χ3v) is 5.54. The van der Waals surface area contributed by atoms with Gasteiger partial charge in [-0.05, 0) is 61.1 Å². The number of methoxy groups -OCH3 is 1. The number of hydrogen-bond acceptors (Lipinski definition) is 3. The normalized spacial score (nSPS) is 14.9. The maximum atomic E-state index is 5.70. The van der Waals surface area contributed by atoms with Crippen molar-refractivity contribution >= 4 is 28.7 Å². The summed E-state index contributed by atoms with van der Waals surface area (Å²) in [7, 11) is 1.69. The Kier molecular flexibility index (Phi) is 5.74. The summed E-state index contributed by atoms with van der Waals surface area (Å²) in [5, 5.41) is 6.50. The molecule has 0 bridgehead atoms. The minimum atomic E-state index is 0.351. The van der Waals surface area contributed by atoms with E-state index in [9.17, 15) is 0 Å². The van der Waals surface area contributed by atoms with Gasteiger partial charge in [0.15, 0.2) is 5.11 Å². The summed E-state index contributed by atoms with van der Waals surface area (Å²) in [6.07, 6.45) is 3.48. The molecule has 1 aliphatic carbocycles. The van der Waals surface area contributed by atoms with Crippen LogP contribution in [0.3, 0.4) is 0 Å². The molecule has 1 aromatic heterocycles. The number of nitrogens with zero attached hydrogens (tertiary/aromatic N) is 1. The Morgan fingerprint density at radius 1 is 1.33 bits per heavy atom. The Bertz CT molecular complexity index is 651. The second-order valence-electron chi connectivity index (χ2n) is 6.33. The first kappa shape index (κ1) is 17.2. The fraction of sp³-hybridized carbons (Fsp3) is 0.421. The molecular formula is C19H24N2OS2. The Morgan fingerprint density at radius 2 is 2.08 bits per heavy atom. The van der Waals surface area contributed by atoms with Crippen molar-refractivity contribution in [1.82, 2.24) is 10.2 Å². The van der Waals surface area contributed by atoms with Gasteiger partial charge in [-0.25, -0.2) is 0 Å². The van der Waals surface area contributed by atoms with Crippen LogP contribution in [0.2, 0.25) is 0 Å². The lowest BCUT2D eigenvalue weighted by atomic mass is 10.1. The quantitative estimate of drug-likeness (QED) is 0.747. The molecule has 1 aliphatic rings. The van der Waals surface area contributed by atoms with E-state index in [0.29, 0.717) is 12.1 Å². The summed E-state index contributed by atoms with van der Waals surface area (Å²) in [5.41, 5.74) is 1.24. The maximum absolute atomic E-state index is 5.70. The van der Waals surface area contributed by atoms with E-state index < -0.39 is 0 Å². The molecule has 3 nitrogen and oxygen atoms in total. The number of nitrogens with one attached hydrogen (secondary N) is 1. The fourth-order valence-corrected chi connectivity index (χ4v) is 3.91. The van der Waals surface area contributed by atoms with Gasteiger partial charge in [0.05, 0.1) is 7.11 Å². The van der Waals surface area contributed by atoms with E-state index in [-0.39, 0.29) is 0 Å².